The van der Waals surface area contributed by atoms with Crippen LogP contribution < -0.4 is 5.32 Å². The van der Waals surface area contributed by atoms with Crippen molar-refractivity contribution in [3.63, 3.8) is 0 Å². The largest absolute Gasteiger partial charge is 0.416 e. The SMILES string of the molecule is CCN(CC)C(=O)c1ccc(CNC(=O)C2CC2c2ccc(C(F)(F)F)cc2)cc1. The summed E-state index contributed by atoms with van der Waals surface area (Å²) in [6.45, 7) is 5.50. The number of rotatable bonds is 7. The lowest BCUT2D eigenvalue weighted by molar-refractivity contribution is -0.137. The van der Waals surface area contributed by atoms with Crippen LogP contribution in [0.15, 0.2) is 48.5 Å². The van der Waals surface area contributed by atoms with Crippen molar-refractivity contribution >= 4 is 11.8 Å². The number of halogens is 3. The number of carbonyl (C=O) groups excluding carboxylic acids is 2. The maximum Gasteiger partial charge on any atom is 0.416 e. The third-order valence-corrected chi connectivity index (χ3v) is 5.51. The predicted molar refractivity (Wildman–Crippen MR) is 108 cm³/mol. The lowest BCUT2D eigenvalue weighted by atomic mass is 10.1. The van der Waals surface area contributed by atoms with E-state index in [1.54, 1.807) is 17.0 Å². The van der Waals surface area contributed by atoms with Crippen molar-refractivity contribution in [2.75, 3.05) is 13.1 Å². The number of nitrogens with zero attached hydrogens (tertiary/aromatic N) is 1. The smallest absolute Gasteiger partial charge is 0.352 e. The molecule has 1 N–H and O–H groups in total. The van der Waals surface area contributed by atoms with E-state index in [1.165, 1.54) is 12.1 Å². The maximum atomic E-state index is 12.7. The minimum Gasteiger partial charge on any atom is -0.352 e. The van der Waals surface area contributed by atoms with Gasteiger partial charge in [0.15, 0.2) is 0 Å². The standard InChI is InChI=1S/C23H25F3N2O2/c1-3-28(4-2)22(30)17-7-5-15(6-8-17)14-27-21(29)20-13-19(20)16-9-11-18(12-10-16)23(24,25)26/h5-12,19-20H,3-4,13-14H2,1-2H3,(H,27,29). The Kier molecular flexibility index (Phi) is 6.48. The number of nitrogens with one attached hydrogen (secondary N) is 1. The molecule has 0 aromatic heterocycles. The van der Waals surface area contributed by atoms with Crippen LogP contribution in [0.2, 0.25) is 0 Å². The first-order valence-corrected chi connectivity index (χ1v) is 10.1. The lowest BCUT2D eigenvalue weighted by Gasteiger charge is -2.18. The Labute approximate surface area is 174 Å². The highest BCUT2D eigenvalue weighted by molar-refractivity contribution is 5.94. The van der Waals surface area contributed by atoms with E-state index in [-0.39, 0.29) is 23.7 Å². The van der Waals surface area contributed by atoms with Gasteiger partial charge in [-0.2, -0.15) is 13.2 Å². The van der Waals surface area contributed by atoms with Crippen molar-refractivity contribution in [2.24, 2.45) is 5.92 Å². The highest BCUT2D eigenvalue weighted by Crippen LogP contribution is 2.48. The Morgan fingerprint density at radius 3 is 2.13 bits per heavy atom. The lowest BCUT2D eigenvalue weighted by Crippen LogP contribution is -2.30. The summed E-state index contributed by atoms with van der Waals surface area (Å²) >= 11 is 0. The highest BCUT2D eigenvalue weighted by atomic mass is 19.4. The molecule has 0 radical (unpaired) electrons. The van der Waals surface area contributed by atoms with Gasteiger partial charge in [-0.15, -0.1) is 0 Å². The first-order valence-electron chi connectivity index (χ1n) is 10.1. The Hall–Kier alpha value is -2.83. The highest BCUT2D eigenvalue weighted by Gasteiger charge is 2.44. The van der Waals surface area contributed by atoms with Crippen LogP contribution in [0.4, 0.5) is 13.2 Å². The van der Waals surface area contributed by atoms with Gasteiger partial charge in [-0.1, -0.05) is 24.3 Å². The molecule has 0 saturated heterocycles. The van der Waals surface area contributed by atoms with Crippen LogP contribution in [-0.2, 0) is 17.5 Å². The summed E-state index contributed by atoms with van der Waals surface area (Å²) < 4.78 is 38.0. The average molecular weight is 418 g/mol. The predicted octanol–water partition coefficient (Wildman–Crippen LogP) is 4.61. The van der Waals surface area contributed by atoms with Gasteiger partial charge in [-0.3, -0.25) is 9.59 Å². The van der Waals surface area contributed by atoms with E-state index in [4.69, 9.17) is 0 Å². The molecule has 160 valence electrons. The van der Waals surface area contributed by atoms with E-state index in [0.29, 0.717) is 31.6 Å². The molecule has 0 aliphatic heterocycles. The Morgan fingerprint density at radius 1 is 1.00 bits per heavy atom. The van der Waals surface area contributed by atoms with Crippen LogP contribution in [0.5, 0.6) is 0 Å². The summed E-state index contributed by atoms with van der Waals surface area (Å²) in [5.74, 6) is -0.386. The third-order valence-electron chi connectivity index (χ3n) is 5.51. The van der Waals surface area contributed by atoms with Gasteiger partial charge in [0.1, 0.15) is 0 Å². The van der Waals surface area contributed by atoms with Crippen LogP contribution in [0.3, 0.4) is 0 Å². The van der Waals surface area contributed by atoms with Crippen molar-refractivity contribution < 1.29 is 22.8 Å². The van der Waals surface area contributed by atoms with Gasteiger partial charge in [-0.25, -0.2) is 0 Å². The van der Waals surface area contributed by atoms with Crippen molar-refractivity contribution in [1.29, 1.82) is 0 Å². The first kappa shape index (κ1) is 21.9. The fourth-order valence-electron chi connectivity index (χ4n) is 3.55. The molecule has 0 bridgehead atoms. The van der Waals surface area contributed by atoms with Gasteiger partial charge in [0.2, 0.25) is 5.91 Å². The van der Waals surface area contributed by atoms with Gasteiger partial charge in [0, 0.05) is 31.1 Å². The molecule has 7 heteroatoms. The van der Waals surface area contributed by atoms with Crippen LogP contribution in [-0.4, -0.2) is 29.8 Å². The van der Waals surface area contributed by atoms with Gasteiger partial charge in [0.05, 0.1) is 5.56 Å². The van der Waals surface area contributed by atoms with E-state index < -0.39 is 11.7 Å². The molecule has 1 aliphatic carbocycles. The van der Waals surface area contributed by atoms with Gasteiger partial charge in [0.25, 0.3) is 5.91 Å². The normalized spacial score (nSPS) is 18.0. The zero-order valence-electron chi connectivity index (χ0n) is 17.0. The van der Waals surface area contributed by atoms with E-state index in [9.17, 15) is 22.8 Å². The van der Waals surface area contributed by atoms with Crippen molar-refractivity contribution in [3.05, 3.63) is 70.8 Å². The van der Waals surface area contributed by atoms with Crippen LogP contribution in [0.25, 0.3) is 0 Å². The molecule has 1 aliphatic rings. The van der Waals surface area contributed by atoms with Gasteiger partial charge >= 0.3 is 6.18 Å². The Bertz CT molecular complexity index is 888. The fourth-order valence-corrected chi connectivity index (χ4v) is 3.55. The second-order valence-electron chi connectivity index (χ2n) is 7.46. The summed E-state index contributed by atoms with van der Waals surface area (Å²) in [5.41, 5.74) is 1.56. The monoisotopic (exact) mass is 418 g/mol. The van der Waals surface area contributed by atoms with E-state index >= 15 is 0 Å². The topological polar surface area (TPSA) is 49.4 Å². The molecule has 1 saturated carbocycles. The number of hydrogen-bond donors (Lipinski definition) is 1. The number of alkyl halides is 3. The first-order chi connectivity index (χ1) is 14.2. The third kappa shape index (κ3) is 5.01. The summed E-state index contributed by atoms with van der Waals surface area (Å²) in [6, 6.07) is 12.2. The quantitative estimate of drug-likeness (QED) is 0.714. The van der Waals surface area contributed by atoms with Gasteiger partial charge in [-0.05, 0) is 61.6 Å². The molecule has 2 amide bonds. The molecule has 3 rings (SSSR count). The number of hydrogen-bond acceptors (Lipinski definition) is 2. The second-order valence-corrected chi connectivity index (χ2v) is 7.46. The van der Waals surface area contributed by atoms with E-state index in [1.807, 2.05) is 26.0 Å². The Balaban J connectivity index is 1.51. The molecule has 1 fully saturated rings. The molecule has 0 heterocycles. The number of amides is 2. The summed E-state index contributed by atoms with van der Waals surface area (Å²) in [5, 5.41) is 2.88. The molecule has 0 spiro atoms. The fraction of sp³-hybridized carbons (Fsp3) is 0.391. The van der Waals surface area contributed by atoms with Gasteiger partial charge < -0.3 is 10.2 Å². The van der Waals surface area contributed by atoms with Crippen LogP contribution in [0, 0.1) is 5.92 Å². The zero-order chi connectivity index (χ0) is 21.9. The van der Waals surface area contributed by atoms with E-state index in [0.717, 1.165) is 23.3 Å². The molecule has 4 nitrogen and oxygen atoms in total. The average Bonchev–Trinajstić information content (AvgIpc) is 3.54. The van der Waals surface area contributed by atoms with E-state index in [2.05, 4.69) is 5.32 Å². The summed E-state index contributed by atoms with van der Waals surface area (Å²) in [6.07, 6.45) is -3.72. The number of carbonyl (C=O) groups is 2. The number of benzene rings is 2. The maximum absolute atomic E-state index is 12.7. The molecular weight excluding hydrogens is 393 g/mol. The van der Waals surface area contributed by atoms with Crippen molar-refractivity contribution in [2.45, 2.75) is 38.9 Å². The minimum absolute atomic E-state index is 0.0204. The zero-order valence-corrected chi connectivity index (χ0v) is 17.0. The minimum atomic E-state index is -4.36. The summed E-state index contributed by atoms with van der Waals surface area (Å²) in [4.78, 5) is 26.4. The summed E-state index contributed by atoms with van der Waals surface area (Å²) in [7, 11) is 0. The van der Waals surface area contributed by atoms with Crippen molar-refractivity contribution in [1.82, 2.24) is 10.2 Å². The molecule has 2 aromatic carbocycles. The van der Waals surface area contributed by atoms with Crippen molar-refractivity contribution in [3.8, 4) is 0 Å². The molecule has 2 atom stereocenters. The van der Waals surface area contributed by atoms with Crippen LogP contribution in [0.1, 0.15) is 53.2 Å². The molecule has 2 unspecified atom stereocenters. The second kappa shape index (κ2) is 8.90. The van der Waals surface area contributed by atoms with Crippen LogP contribution >= 0.6 is 0 Å². The molecular formula is C23H25F3N2O2. The molecule has 30 heavy (non-hydrogen) atoms. The molecule has 2 aromatic rings. The Morgan fingerprint density at radius 2 is 1.60 bits per heavy atom.